The Morgan fingerprint density at radius 2 is 1.90 bits per heavy atom. The molecule has 1 aliphatic heterocycles. The average molecular weight is 455 g/mol. The molecule has 4 rings (SSSR count). The number of benzene rings is 2. The van der Waals surface area contributed by atoms with E-state index in [4.69, 9.17) is 37.7 Å². The molecular formula is C23H19ClN2O4S. The summed E-state index contributed by atoms with van der Waals surface area (Å²) in [7, 11) is 0. The number of carbonyl (C=O) groups excluding carboxylic acids is 1. The number of hydrogen-bond donors (Lipinski definition) is 1. The second kappa shape index (κ2) is 9.24. The minimum atomic E-state index is -0.262. The first-order valence-corrected chi connectivity index (χ1v) is 10.4. The highest BCUT2D eigenvalue weighted by molar-refractivity contribution is 7.80. The number of amides is 1. The Labute approximate surface area is 190 Å². The molecule has 0 atom stereocenters. The third-order valence-corrected chi connectivity index (χ3v) is 4.95. The highest BCUT2D eigenvalue weighted by Gasteiger charge is 2.32. The third-order valence-electron chi connectivity index (χ3n) is 4.43. The summed E-state index contributed by atoms with van der Waals surface area (Å²) in [5.41, 5.74) is 0.986. The van der Waals surface area contributed by atoms with E-state index in [1.807, 2.05) is 19.1 Å². The number of hydrogen-bond acceptors (Lipinski definition) is 5. The monoisotopic (exact) mass is 454 g/mol. The zero-order valence-corrected chi connectivity index (χ0v) is 18.2. The number of thiocarbonyl (C=S) groups is 1. The van der Waals surface area contributed by atoms with E-state index < -0.39 is 0 Å². The molecule has 2 aromatic carbocycles. The van der Waals surface area contributed by atoms with E-state index in [1.54, 1.807) is 54.6 Å². The highest BCUT2D eigenvalue weighted by Crippen LogP contribution is 2.25. The number of ether oxygens (including phenoxy) is 2. The first-order chi connectivity index (χ1) is 15.0. The van der Waals surface area contributed by atoms with Gasteiger partial charge in [-0.25, -0.2) is 0 Å². The van der Waals surface area contributed by atoms with Gasteiger partial charge in [-0.1, -0.05) is 17.7 Å². The predicted octanol–water partition coefficient (Wildman–Crippen LogP) is 5.17. The highest BCUT2D eigenvalue weighted by atomic mass is 35.5. The fourth-order valence-corrected chi connectivity index (χ4v) is 3.51. The zero-order chi connectivity index (χ0) is 21.8. The van der Waals surface area contributed by atoms with Gasteiger partial charge >= 0.3 is 0 Å². The average Bonchev–Trinajstić information content (AvgIpc) is 3.31. The van der Waals surface area contributed by atoms with Crippen LogP contribution >= 0.6 is 23.8 Å². The number of anilines is 1. The first kappa shape index (κ1) is 21.0. The molecule has 0 saturated carbocycles. The Kier molecular flexibility index (Phi) is 6.25. The van der Waals surface area contributed by atoms with Crippen molar-refractivity contribution in [2.45, 2.75) is 13.5 Å². The van der Waals surface area contributed by atoms with Crippen molar-refractivity contribution in [1.29, 1.82) is 0 Å². The fourth-order valence-electron chi connectivity index (χ4n) is 3.03. The van der Waals surface area contributed by atoms with Crippen LogP contribution in [0.2, 0.25) is 5.02 Å². The maximum atomic E-state index is 12.9. The molecule has 1 fully saturated rings. The maximum Gasteiger partial charge on any atom is 0.281 e. The van der Waals surface area contributed by atoms with E-state index in [0.29, 0.717) is 45.4 Å². The van der Waals surface area contributed by atoms with Gasteiger partial charge in [-0.2, -0.15) is 0 Å². The maximum absolute atomic E-state index is 12.9. The molecule has 0 bridgehead atoms. The molecule has 0 radical (unpaired) electrons. The molecule has 1 amide bonds. The molecule has 158 valence electrons. The van der Waals surface area contributed by atoms with Gasteiger partial charge in [0.25, 0.3) is 5.91 Å². The van der Waals surface area contributed by atoms with Crippen LogP contribution in [-0.2, 0) is 11.4 Å². The standard InChI is InChI=1S/C23H19ClN2O4S/c1-2-28-17-8-6-16(7-9-17)26-22(27)21(25-23(26)31)13-19-10-11-20(30-19)14-29-18-5-3-4-15(24)12-18/h3-13H,2,14H2,1H3,(H,25,31)/b21-13+. The molecule has 0 spiro atoms. The van der Waals surface area contributed by atoms with Crippen LogP contribution in [0.15, 0.2) is 70.8 Å². The summed E-state index contributed by atoms with van der Waals surface area (Å²) in [5.74, 6) is 2.24. The molecule has 0 aliphatic carbocycles. The summed E-state index contributed by atoms with van der Waals surface area (Å²) < 4.78 is 16.9. The van der Waals surface area contributed by atoms with Gasteiger partial charge in [-0.3, -0.25) is 9.69 Å². The molecular weight excluding hydrogens is 436 g/mol. The molecule has 1 aromatic heterocycles. The van der Waals surface area contributed by atoms with E-state index in [2.05, 4.69) is 5.32 Å². The Hall–Kier alpha value is -3.29. The van der Waals surface area contributed by atoms with Gasteiger partial charge < -0.3 is 19.2 Å². The van der Waals surface area contributed by atoms with Crippen molar-refractivity contribution < 1.29 is 18.7 Å². The minimum Gasteiger partial charge on any atom is -0.494 e. The number of halogens is 1. The molecule has 31 heavy (non-hydrogen) atoms. The SMILES string of the molecule is CCOc1ccc(N2C(=O)/C(=C\c3ccc(COc4cccc(Cl)c4)o3)NC2=S)cc1. The van der Waals surface area contributed by atoms with Crippen molar-refractivity contribution in [2.75, 3.05) is 11.5 Å². The second-order valence-electron chi connectivity index (χ2n) is 6.61. The van der Waals surface area contributed by atoms with Crippen LogP contribution < -0.4 is 19.7 Å². The van der Waals surface area contributed by atoms with Crippen LogP contribution in [0, 0.1) is 0 Å². The van der Waals surface area contributed by atoms with Crippen LogP contribution in [0.25, 0.3) is 6.08 Å². The van der Waals surface area contributed by atoms with Crippen molar-refractivity contribution in [1.82, 2.24) is 5.32 Å². The fraction of sp³-hybridized carbons (Fsp3) is 0.130. The molecule has 2 heterocycles. The van der Waals surface area contributed by atoms with Gasteiger partial charge in [-0.05, 0) is 73.7 Å². The molecule has 8 heteroatoms. The van der Waals surface area contributed by atoms with Crippen LogP contribution in [0.3, 0.4) is 0 Å². The Morgan fingerprint density at radius 1 is 1.10 bits per heavy atom. The number of nitrogens with zero attached hydrogens (tertiary/aromatic N) is 1. The number of carbonyl (C=O) groups is 1. The summed E-state index contributed by atoms with van der Waals surface area (Å²) >= 11 is 11.3. The number of nitrogens with one attached hydrogen (secondary N) is 1. The van der Waals surface area contributed by atoms with Gasteiger partial charge in [-0.15, -0.1) is 0 Å². The van der Waals surface area contributed by atoms with Gasteiger partial charge in [0.2, 0.25) is 0 Å². The lowest BCUT2D eigenvalue weighted by Crippen LogP contribution is -2.30. The molecule has 0 unspecified atom stereocenters. The van der Waals surface area contributed by atoms with Gasteiger partial charge in [0.1, 0.15) is 35.3 Å². The summed E-state index contributed by atoms with van der Waals surface area (Å²) in [6, 6.07) is 17.9. The van der Waals surface area contributed by atoms with E-state index in [0.717, 1.165) is 5.75 Å². The van der Waals surface area contributed by atoms with E-state index in [9.17, 15) is 4.79 Å². The van der Waals surface area contributed by atoms with Crippen LogP contribution in [0.5, 0.6) is 11.5 Å². The number of furan rings is 1. The summed E-state index contributed by atoms with van der Waals surface area (Å²) in [4.78, 5) is 14.3. The zero-order valence-electron chi connectivity index (χ0n) is 16.6. The largest absolute Gasteiger partial charge is 0.494 e. The molecule has 1 aliphatic rings. The lowest BCUT2D eigenvalue weighted by atomic mass is 10.2. The normalized spacial score (nSPS) is 14.8. The van der Waals surface area contributed by atoms with E-state index in [1.165, 1.54) is 4.90 Å². The topological polar surface area (TPSA) is 63.9 Å². The Balaban J connectivity index is 1.44. The predicted molar refractivity (Wildman–Crippen MR) is 123 cm³/mol. The Morgan fingerprint density at radius 3 is 2.65 bits per heavy atom. The molecule has 1 N–H and O–H groups in total. The lowest BCUT2D eigenvalue weighted by Gasteiger charge is -2.14. The smallest absolute Gasteiger partial charge is 0.281 e. The molecule has 1 saturated heterocycles. The third kappa shape index (κ3) is 4.90. The summed E-state index contributed by atoms with van der Waals surface area (Å²) in [6.07, 6.45) is 1.62. The van der Waals surface area contributed by atoms with Crippen molar-refractivity contribution >= 4 is 46.6 Å². The summed E-state index contributed by atoms with van der Waals surface area (Å²) in [6.45, 7) is 2.73. The van der Waals surface area contributed by atoms with Crippen molar-refractivity contribution in [3.8, 4) is 11.5 Å². The Bertz CT molecular complexity index is 1140. The molecule has 3 aromatic rings. The van der Waals surface area contributed by atoms with Gasteiger partial charge in [0.05, 0.1) is 12.3 Å². The lowest BCUT2D eigenvalue weighted by molar-refractivity contribution is -0.113. The van der Waals surface area contributed by atoms with Crippen LogP contribution in [-0.4, -0.2) is 17.6 Å². The van der Waals surface area contributed by atoms with Crippen LogP contribution in [0.1, 0.15) is 18.4 Å². The quantitative estimate of drug-likeness (QED) is 0.392. The second-order valence-corrected chi connectivity index (χ2v) is 7.43. The summed E-state index contributed by atoms with van der Waals surface area (Å²) in [5, 5.41) is 3.85. The van der Waals surface area contributed by atoms with Crippen molar-refractivity contribution in [3.05, 3.63) is 82.9 Å². The van der Waals surface area contributed by atoms with E-state index in [-0.39, 0.29) is 12.5 Å². The van der Waals surface area contributed by atoms with Crippen molar-refractivity contribution in [2.24, 2.45) is 0 Å². The van der Waals surface area contributed by atoms with Gasteiger partial charge in [0.15, 0.2) is 5.11 Å². The molecule has 6 nitrogen and oxygen atoms in total. The van der Waals surface area contributed by atoms with E-state index >= 15 is 0 Å². The van der Waals surface area contributed by atoms with Crippen molar-refractivity contribution in [3.63, 3.8) is 0 Å². The van der Waals surface area contributed by atoms with Gasteiger partial charge in [0, 0.05) is 11.1 Å². The van der Waals surface area contributed by atoms with Crippen LogP contribution in [0.4, 0.5) is 5.69 Å². The first-order valence-electron chi connectivity index (χ1n) is 9.60. The number of rotatable bonds is 7. The minimum absolute atomic E-state index is 0.238.